The van der Waals surface area contributed by atoms with Gasteiger partial charge in [0.25, 0.3) is 0 Å². The maximum absolute atomic E-state index is 5.73. The van der Waals surface area contributed by atoms with Crippen molar-refractivity contribution >= 4 is 8.07 Å². The molecule has 1 nitrogen and oxygen atoms in total. The van der Waals surface area contributed by atoms with Crippen LogP contribution in [0, 0.1) is 0 Å². The van der Waals surface area contributed by atoms with Gasteiger partial charge in [0.1, 0.15) is 0 Å². The lowest BCUT2D eigenvalue weighted by Crippen LogP contribution is -2.34. The Morgan fingerprint density at radius 1 is 1.23 bits per heavy atom. The van der Waals surface area contributed by atoms with Crippen LogP contribution in [0.4, 0.5) is 0 Å². The molecule has 0 aromatic carbocycles. The number of hydrogen-bond acceptors (Lipinski definition) is 1. The highest BCUT2D eigenvalue weighted by Crippen LogP contribution is 2.37. The molecule has 0 bridgehead atoms. The average Bonchev–Trinajstić information content (AvgIpc) is 2.04. The summed E-state index contributed by atoms with van der Waals surface area (Å²) >= 11 is 0. The van der Waals surface area contributed by atoms with Crippen LogP contribution in [0.1, 0.15) is 32.6 Å². The van der Waals surface area contributed by atoms with Crippen LogP contribution < -0.4 is 0 Å². The molecule has 0 amide bonds. The molecule has 0 aliphatic heterocycles. The number of ether oxygens (including phenoxy) is 1. The molecule has 0 N–H and O–H groups in total. The minimum Gasteiger partial charge on any atom is -0.379 e. The molecule has 1 rings (SSSR count). The molecule has 1 aliphatic carbocycles. The van der Waals surface area contributed by atoms with E-state index < -0.39 is 8.07 Å². The molecular weight excluding hydrogens is 176 g/mol. The van der Waals surface area contributed by atoms with Gasteiger partial charge in [-0.15, -0.1) is 0 Å². The smallest absolute Gasteiger partial charge is 0.0575 e. The first-order valence-corrected chi connectivity index (χ1v) is 9.23. The van der Waals surface area contributed by atoms with Crippen molar-refractivity contribution in [3.63, 3.8) is 0 Å². The summed E-state index contributed by atoms with van der Waals surface area (Å²) in [7, 11) is -0.907. The lowest BCUT2D eigenvalue weighted by Gasteiger charge is -2.36. The molecule has 2 heteroatoms. The van der Waals surface area contributed by atoms with Crippen molar-refractivity contribution in [3.05, 3.63) is 0 Å². The minimum atomic E-state index is -0.907. The molecule has 0 saturated heterocycles. The van der Waals surface area contributed by atoms with Crippen LogP contribution in [-0.4, -0.2) is 20.8 Å². The van der Waals surface area contributed by atoms with Crippen molar-refractivity contribution in [1.29, 1.82) is 0 Å². The van der Waals surface area contributed by atoms with Crippen molar-refractivity contribution in [3.8, 4) is 0 Å². The molecule has 1 saturated carbocycles. The topological polar surface area (TPSA) is 9.23 Å². The molecule has 0 radical (unpaired) electrons. The highest BCUT2D eigenvalue weighted by atomic mass is 28.3. The van der Waals surface area contributed by atoms with Crippen LogP contribution in [0.3, 0.4) is 0 Å². The van der Waals surface area contributed by atoms with Gasteiger partial charge >= 0.3 is 0 Å². The summed E-state index contributed by atoms with van der Waals surface area (Å²) in [5, 5.41) is 0. The van der Waals surface area contributed by atoms with E-state index in [2.05, 4.69) is 26.6 Å². The van der Waals surface area contributed by atoms with Crippen LogP contribution in [0.25, 0.3) is 0 Å². The molecule has 78 valence electrons. The third-order valence-corrected chi connectivity index (χ3v) is 6.23. The Balaban J connectivity index is 2.42. The molecule has 1 aliphatic rings. The number of hydrogen-bond donors (Lipinski definition) is 0. The van der Waals surface area contributed by atoms with Crippen LogP contribution in [-0.2, 0) is 4.74 Å². The zero-order valence-electron chi connectivity index (χ0n) is 9.60. The minimum absolute atomic E-state index is 0.579. The predicted octanol–water partition coefficient (Wildman–Crippen LogP) is 3.67. The highest BCUT2D eigenvalue weighted by Gasteiger charge is 2.31. The first-order valence-electron chi connectivity index (χ1n) is 5.65. The van der Waals surface area contributed by atoms with E-state index >= 15 is 0 Å². The first kappa shape index (κ1) is 11.3. The fourth-order valence-electron chi connectivity index (χ4n) is 2.32. The second-order valence-electron chi connectivity index (χ2n) is 5.31. The summed E-state index contributed by atoms with van der Waals surface area (Å²) in [6.07, 6.45) is 6.06. The fourth-order valence-corrected chi connectivity index (χ4v) is 4.36. The lowest BCUT2D eigenvalue weighted by atomic mass is 9.97. The van der Waals surface area contributed by atoms with Crippen molar-refractivity contribution in [2.75, 3.05) is 6.61 Å². The monoisotopic (exact) mass is 200 g/mol. The molecule has 0 unspecified atom stereocenters. The van der Waals surface area contributed by atoms with Gasteiger partial charge in [0.15, 0.2) is 0 Å². The Bertz CT molecular complexity index is 149. The molecule has 0 aromatic heterocycles. The first-order chi connectivity index (χ1) is 6.04. The van der Waals surface area contributed by atoms with E-state index in [-0.39, 0.29) is 0 Å². The fraction of sp³-hybridized carbons (Fsp3) is 1.00. The van der Waals surface area contributed by atoms with Gasteiger partial charge in [0.05, 0.1) is 6.10 Å². The second-order valence-corrected chi connectivity index (χ2v) is 10.9. The van der Waals surface area contributed by atoms with Crippen LogP contribution in [0.15, 0.2) is 0 Å². The third kappa shape index (κ3) is 3.43. The molecule has 2 atom stereocenters. The van der Waals surface area contributed by atoms with E-state index in [0.717, 1.165) is 12.1 Å². The lowest BCUT2D eigenvalue weighted by molar-refractivity contribution is 0.0362. The van der Waals surface area contributed by atoms with Crippen LogP contribution >= 0.6 is 0 Å². The Hall–Kier alpha value is 0.177. The van der Waals surface area contributed by atoms with Crippen LogP contribution in [0.5, 0.6) is 0 Å². The summed E-state index contributed by atoms with van der Waals surface area (Å²) in [5.41, 5.74) is 0.998. The van der Waals surface area contributed by atoms with E-state index in [1.807, 2.05) is 0 Å². The van der Waals surface area contributed by atoms with Crippen molar-refractivity contribution in [2.24, 2.45) is 0 Å². The standard InChI is InChI=1S/C11H24OSi/c1-5-12-10-7-6-8-11(9-10)13(2,3)4/h10-11H,5-9H2,1-4H3/t10-,11+/m0/s1. The van der Waals surface area contributed by atoms with Gasteiger partial charge in [0, 0.05) is 14.7 Å². The quantitative estimate of drug-likeness (QED) is 0.632. The summed E-state index contributed by atoms with van der Waals surface area (Å²) in [6, 6.07) is 0. The van der Waals surface area contributed by atoms with Crippen molar-refractivity contribution in [1.82, 2.24) is 0 Å². The van der Waals surface area contributed by atoms with E-state index in [1.165, 1.54) is 25.7 Å². The van der Waals surface area contributed by atoms with Gasteiger partial charge in [-0.3, -0.25) is 0 Å². The van der Waals surface area contributed by atoms with Crippen molar-refractivity contribution < 1.29 is 4.74 Å². The molecule has 0 spiro atoms. The SMILES string of the molecule is CCO[C@H]1CCC[C@@H]([Si](C)(C)C)C1. The zero-order chi connectivity index (χ0) is 9.90. The predicted molar refractivity (Wildman–Crippen MR) is 61.0 cm³/mol. The Labute approximate surface area is 83.9 Å². The number of rotatable bonds is 3. The molecule has 0 aromatic rings. The highest BCUT2D eigenvalue weighted by molar-refractivity contribution is 6.77. The largest absolute Gasteiger partial charge is 0.379 e. The zero-order valence-corrected chi connectivity index (χ0v) is 10.6. The second kappa shape index (κ2) is 4.60. The van der Waals surface area contributed by atoms with E-state index in [4.69, 9.17) is 4.74 Å². The molecule has 13 heavy (non-hydrogen) atoms. The van der Waals surface area contributed by atoms with Gasteiger partial charge in [-0.2, -0.15) is 0 Å². The van der Waals surface area contributed by atoms with Gasteiger partial charge in [0.2, 0.25) is 0 Å². The summed E-state index contributed by atoms with van der Waals surface area (Å²) < 4.78 is 5.73. The maximum Gasteiger partial charge on any atom is 0.0575 e. The summed E-state index contributed by atoms with van der Waals surface area (Å²) in [4.78, 5) is 0. The van der Waals surface area contributed by atoms with Crippen LogP contribution in [0.2, 0.25) is 25.2 Å². The molecule has 0 heterocycles. The van der Waals surface area contributed by atoms with Gasteiger partial charge in [-0.05, 0) is 25.3 Å². The Morgan fingerprint density at radius 3 is 2.46 bits per heavy atom. The maximum atomic E-state index is 5.73. The van der Waals surface area contributed by atoms with Gasteiger partial charge in [-0.1, -0.05) is 32.5 Å². The van der Waals surface area contributed by atoms with Gasteiger partial charge < -0.3 is 4.74 Å². The third-order valence-electron chi connectivity index (χ3n) is 3.25. The van der Waals surface area contributed by atoms with E-state index in [1.54, 1.807) is 0 Å². The Morgan fingerprint density at radius 2 is 1.92 bits per heavy atom. The van der Waals surface area contributed by atoms with E-state index in [9.17, 15) is 0 Å². The molecule has 1 fully saturated rings. The van der Waals surface area contributed by atoms with E-state index in [0.29, 0.717) is 6.10 Å². The Kier molecular flexibility index (Phi) is 3.99. The van der Waals surface area contributed by atoms with Gasteiger partial charge in [-0.25, -0.2) is 0 Å². The molecular formula is C11H24OSi. The normalized spacial score (nSPS) is 30.5. The van der Waals surface area contributed by atoms with Crippen molar-refractivity contribution in [2.45, 2.75) is 63.9 Å². The summed E-state index contributed by atoms with van der Waals surface area (Å²) in [5.74, 6) is 0. The summed E-state index contributed by atoms with van der Waals surface area (Å²) in [6.45, 7) is 10.5. The average molecular weight is 200 g/mol.